The highest BCUT2D eigenvalue weighted by atomic mass is 35.5. The average Bonchev–Trinajstić information content (AvgIpc) is 2.60. The van der Waals surface area contributed by atoms with Crippen LogP contribution in [0.5, 0.6) is 0 Å². The third kappa shape index (κ3) is 2.06. The Morgan fingerprint density at radius 1 is 1.33 bits per heavy atom. The second-order valence-corrected chi connectivity index (χ2v) is 4.46. The zero-order chi connectivity index (χ0) is 13.4. The average molecular weight is 272 g/mol. The van der Waals surface area contributed by atoms with E-state index in [9.17, 15) is 8.78 Å². The lowest BCUT2D eigenvalue weighted by Crippen LogP contribution is -2.12. The highest BCUT2D eigenvalue weighted by Crippen LogP contribution is 2.28. The number of nitrogens with two attached hydrogens (primary N) is 1. The molecule has 0 fully saturated rings. The maximum absolute atomic E-state index is 13.2. The summed E-state index contributed by atoms with van der Waals surface area (Å²) in [6.07, 6.45) is 0. The molecule has 1 heterocycles. The first kappa shape index (κ1) is 12.8. The second kappa shape index (κ2) is 4.57. The number of hydrogen-bond donors (Lipinski definition) is 1. The summed E-state index contributed by atoms with van der Waals surface area (Å²) >= 11 is 5.94. The molecule has 0 aliphatic carbocycles. The number of anilines is 1. The van der Waals surface area contributed by atoms with Gasteiger partial charge in [-0.1, -0.05) is 17.7 Å². The minimum atomic E-state index is -0.895. The van der Waals surface area contributed by atoms with E-state index < -0.39 is 11.6 Å². The summed E-state index contributed by atoms with van der Waals surface area (Å²) in [5.74, 6) is -1.46. The van der Waals surface area contributed by atoms with Crippen LogP contribution in [0.3, 0.4) is 0 Å². The van der Waals surface area contributed by atoms with Crippen LogP contribution in [-0.2, 0) is 0 Å². The number of nitrogen functional groups attached to an aromatic ring is 1. The fourth-order valence-corrected chi connectivity index (χ4v) is 1.88. The Bertz CT molecular complexity index is 595. The molecule has 1 aromatic carbocycles. The highest BCUT2D eigenvalue weighted by Gasteiger charge is 2.17. The van der Waals surface area contributed by atoms with Crippen LogP contribution in [0, 0.1) is 18.6 Å². The number of halogens is 3. The lowest BCUT2D eigenvalue weighted by molar-refractivity contribution is 0.500. The van der Waals surface area contributed by atoms with Gasteiger partial charge in [0.2, 0.25) is 0 Å². The SMILES string of the molecule is Cc1nn(C(C)c2ccc(F)c(F)c2)c(N)c1Cl. The number of aromatic nitrogens is 2. The predicted molar refractivity (Wildman–Crippen MR) is 66.6 cm³/mol. The monoisotopic (exact) mass is 271 g/mol. The molecular weight excluding hydrogens is 260 g/mol. The van der Waals surface area contributed by atoms with Gasteiger partial charge in [0.05, 0.1) is 11.7 Å². The molecule has 1 atom stereocenters. The molecule has 3 nitrogen and oxygen atoms in total. The van der Waals surface area contributed by atoms with Gasteiger partial charge < -0.3 is 5.73 Å². The summed E-state index contributed by atoms with van der Waals surface area (Å²) in [5.41, 5.74) is 6.98. The van der Waals surface area contributed by atoms with Gasteiger partial charge >= 0.3 is 0 Å². The molecule has 0 radical (unpaired) electrons. The van der Waals surface area contributed by atoms with Crippen molar-refractivity contribution in [1.29, 1.82) is 0 Å². The first-order chi connectivity index (χ1) is 8.41. The van der Waals surface area contributed by atoms with Gasteiger partial charge in [0, 0.05) is 0 Å². The van der Waals surface area contributed by atoms with E-state index in [-0.39, 0.29) is 6.04 Å². The Morgan fingerprint density at radius 2 is 2.00 bits per heavy atom. The quantitative estimate of drug-likeness (QED) is 0.911. The van der Waals surface area contributed by atoms with Gasteiger partial charge in [-0.05, 0) is 31.5 Å². The van der Waals surface area contributed by atoms with E-state index in [1.807, 2.05) is 0 Å². The molecule has 0 aliphatic rings. The van der Waals surface area contributed by atoms with Gasteiger partial charge in [0.1, 0.15) is 10.8 Å². The Hall–Kier alpha value is -1.62. The number of nitrogens with zero attached hydrogens (tertiary/aromatic N) is 2. The maximum Gasteiger partial charge on any atom is 0.159 e. The van der Waals surface area contributed by atoms with E-state index >= 15 is 0 Å². The van der Waals surface area contributed by atoms with Crippen molar-refractivity contribution in [1.82, 2.24) is 9.78 Å². The molecule has 6 heteroatoms. The largest absolute Gasteiger partial charge is 0.383 e. The first-order valence-corrected chi connectivity index (χ1v) is 5.74. The normalized spacial score (nSPS) is 12.7. The van der Waals surface area contributed by atoms with Crippen molar-refractivity contribution in [3.8, 4) is 0 Å². The van der Waals surface area contributed by atoms with Crippen LogP contribution in [0.2, 0.25) is 5.02 Å². The van der Waals surface area contributed by atoms with Gasteiger partial charge in [0.25, 0.3) is 0 Å². The summed E-state index contributed by atoms with van der Waals surface area (Å²) in [5, 5.41) is 4.56. The van der Waals surface area contributed by atoms with Crippen molar-refractivity contribution in [3.05, 3.63) is 46.1 Å². The molecule has 0 saturated heterocycles. The van der Waals surface area contributed by atoms with E-state index in [1.54, 1.807) is 13.8 Å². The topological polar surface area (TPSA) is 43.8 Å². The van der Waals surface area contributed by atoms with Crippen LogP contribution in [-0.4, -0.2) is 9.78 Å². The molecule has 0 amide bonds. The van der Waals surface area contributed by atoms with E-state index in [0.717, 1.165) is 12.1 Å². The van der Waals surface area contributed by atoms with E-state index in [0.29, 0.717) is 22.1 Å². The smallest absolute Gasteiger partial charge is 0.159 e. The molecule has 1 aromatic heterocycles. The van der Waals surface area contributed by atoms with E-state index in [4.69, 9.17) is 17.3 Å². The van der Waals surface area contributed by atoms with Crippen molar-refractivity contribution in [2.24, 2.45) is 0 Å². The summed E-state index contributed by atoms with van der Waals surface area (Å²) in [6, 6.07) is 3.37. The van der Waals surface area contributed by atoms with Crippen LogP contribution in [0.25, 0.3) is 0 Å². The summed E-state index contributed by atoms with van der Waals surface area (Å²) in [7, 11) is 0. The zero-order valence-corrected chi connectivity index (χ0v) is 10.7. The molecule has 18 heavy (non-hydrogen) atoms. The molecular formula is C12H12ClF2N3. The van der Waals surface area contributed by atoms with Gasteiger partial charge in [0.15, 0.2) is 11.6 Å². The Kier molecular flexibility index (Phi) is 3.26. The number of rotatable bonds is 2. The maximum atomic E-state index is 13.2. The highest BCUT2D eigenvalue weighted by molar-refractivity contribution is 6.33. The molecule has 2 N–H and O–H groups in total. The fraction of sp³-hybridized carbons (Fsp3) is 0.250. The van der Waals surface area contributed by atoms with Gasteiger partial charge in [-0.25, -0.2) is 13.5 Å². The van der Waals surface area contributed by atoms with Crippen molar-refractivity contribution in [2.75, 3.05) is 5.73 Å². The lowest BCUT2D eigenvalue weighted by Gasteiger charge is -2.14. The minimum Gasteiger partial charge on any atom is -0.383 e. The minimum absolute atomic E-state index is 0.311. The third-order valence-electron chi connectivity index (χ3n) is 2.84. The van der Waals surface area contributed by atoms with Crippen molar-refractivity contribution in [2.45, 2.75) is 19.9 Å². The second-order valence-electron chi connectivity index (χ2n) is 4.08. The van der Waals surface area contributed by atoms with Crippen LogP contribution >= 0.6 is 11.6 Å². The van der Waals surface area contributed by atoms with E-state index in [2.05, 4.69) is 5.10 Å². The van der Waals surface area contributed by atoms with Crippen LogP contribution in [0.15, 0.2) is 18.2 Å². The Morgan fingerprint density at radius 3 is 2.50 bits per heavy atom. The van der Waals surface area contributed by atoms with Crippen LogP contribution in [0.1, 0.15) is 24.2 Å². The first-order valence-electron chi connectivity index (χ1n) is 5.37. The van der Waals surface area contributed by atoms with Crippen LogP contribution < -0.4 is 5.73 Å². The van der Waals surface area contributed by atoms with Crippen molar-refractivity contribution in [3.63, 3.8) is 0 Å². The molecule has 96 valence electrons. The van der Waals surface area contributed by atoms with Crippen molar-refractivity contribution >= 4 is 17.4 Å². The Labute approximate surface area is 108 Å². The van der Waals surface area contributed by atoms with Crippen molar-refractivity contribution < 1.29 is 8.78 Å². The number of hydrogen-bond acceptors (Lipinski definition) is 2. The fourth-order valence-electron chi connectivity index (χ4n) is 1.75. The molecule has 1 unspecified atom stereocenters. The number of aryl methyl sites for hydroxylation is 1. The number of benzene rings is 1. The van der Waals surface area contributed by atoms with E-state index in [1.165, 1.54) is 10.7 Å². The summed E-state index contributed by atoms with van der Waals surface area (Å²) in [6.45, 7) is 3.51. The Balaban J connectivity index is 2.44. The summed E-state index contributed by atoms with van der Waals surface area (Å²) in [4.78, 5) is 0. The van der Waals surface area contributed by atoms with Gasteiger partial charge in [-0.15, -0.1) is 0 Å². The molecule has 0 bridgehead atoms. The predicted octanol–water partition coefficient (Wildman–Crippen LogP) is 3.31. The van der Waals surface area contributed by atoms with Crippen LogP contribution in [0.4, 0.5) is 14.6 Å². The standard InChI is InChI=1S/C12H12ClF2N3/c1-6-11(13)12(16)18(17-6)7(2)8-3-4-9(14)10(15)5-8/h3-5,7H,16H2,1-2H3. The zero-order valence-electron chi connectivity index (χ0n) is 9.92. The molecule has 2 aromatic rings. The molecule has 2 rings (SSSR count). The van der Waals surface area contributed by atoms with Gasteiger partial charge in [-0.3, -0.25) is 0 Å². The molecule has 0 spiro atoms. The molecule has 0 saturated carbocycles. The van der Waals surface area contributed by atoms with Gasteiger partial charge in [-0.2, -0.15) is 5.10 Å². The summed E-state index contributed by atoms with van der Waals surface area (Å²) < 4.78 is 27.5. The lowest BCUT2D eigenvalue weighted by atomic mass is 10.1. The third-order valence-corrected chi connectivity index (χ3v) is 3.31. The molecule has 0 aliphatic heterocycles.